The van der Waals surface area contributed by atoms with Gasteiger partial charge in [-0.25, -0.2) is 9.40 Å². The second-order valence-electron chi connectivity index (χ2n) is 11.0. The van der Waals surface area contributed by atoms with Gasteiger partial charge < -0.3 is 14.8 Å². The fourth-order valence-electron chi connectivity index (χ4n) is 5.55. The van der Waals surface area contributed by atoms with Gasteiger partial charge in [0.1, 0.15) is 5.82 Å². The van der Waals surface area contributed by atoms with E-state index in [0.717, 1.165) is 33.0 Å². The van der Waals surface area contributed by atoms with E-state index in [-0.39, 0.29) is 23.8 Å². The monoisotopic (exact) mass is 684 g/mol. The number of aryl methyl sites for hydroxylation is 2. The summed E-state index contributed by atoms with van der Waals surface area (Å²) in [5.74, 6) is 0.146. The predicted molar refractivity (Wildman–Crippen MR) is 184 cm³/mol. The third kappa shape index (κ3) is 6.69. The van der Waals surface area contributed by atoms with Crippen molar-refractivity contribution in [3.8, 4) is 17.2 Å². The maximum atomic E-state index is 14.3. The highest BCUT2D eigenvalue weighted by atomic mass is 32.2. The fourth-order valence-corrected chi connectivity index (χ4v) is 7.09. The predicted octanol–water partition coefficient (Wildman–Crippen LogP) is 6.50. The quantitative estimate of drug-likeness (QED) is 0.158. The van der Waals surface area contributed by atoms with Gasteiger partial charge in [0.25, 0.3) is 11.8 Å². The van der Waals surface area contributed by atoms with Crippen LogP contribution in [0.5, 0.6) is 11.5 Å². The summed E-state index contributed by atoms with van der Waals surface area (Å²) in [5.41, 5.74) is 4.31. The highest BCUT2D eigenvalue weighted by molar-refractivity contribution is 7.99. The first-order valence-corrected chi connectivity index (χ1v) is 17.0. The summed E-state index contributed by atoms with van der Waals surface area (Å²) in [6, 6.07) is 20.9. The van der Waals surface area contributed by atoms with E-state index in [2.05, 4.69) is 15.5 Å². The highest BCUT2D eigenvalue weighted by Gasteiger charge is 2.36. The number of halogens is 1. The number of thioether (sulfide) groups is 1. The van der Waals surface area contributed by atoms with Crippen LogP contribution in [0.3, 0.4) is 0 Å². The van der Waals surface area contributed by atoms with E-state index >= 15 is 0 Å². The summed E-state index contributed by atoms with van der Waals surface area (Å²) in [7, 11) is 3.16. The number of para-hydroxylation sites is 1. The molecule has 0 spiro atoms. The normalized spacial score (nSPS) is 14.1. The van der Waals surface area contributed by atoms with Crippen molar-refractivity contribution < 1.29 is 23.5 Å². The van der Waals surface area contributed by atoms with Gasteiger partial charge in [-0.15, -0.1) is 21.5 Å². The number of thiophene rings is 1. The van der Waals surface area contributed by atoms with Crippen LogP contribution in [-0.4, -0.2) is 57.3 Å². The molecule has 13 heteroatoms. The molecule has 1 aliphatic rings. The van der Waals surface area contributed by atoms with Gasteiger partial charge in [-0.3, -0.25) is 14.2 Å². The Morgan fingerprint density at radius 2 is 1.85 bits per heavy atom. The molecule has 1 atom stereocenters. The molecule has 0 bridgehead atoms. The molecule has 246 valence electrons. The molecule has 2 aromatic heterocycles. The molecule has 6 rings (SSSR count). The highest BCUT2D eigenvalue weighted by Crippen LogP contribution is 2.42. The molecule has 0 fully saturated rings. The molecular formula is C35H33FN6O4S2. The molecule has 1 N–H and O–H groups in total. The Bertz CT molecular complexity index is 1990. The van der Waals surface area contributed by atoms with Gasteiger partial charge in [0.15, 0.2) is 22.5 Å². The summed E-state index contributed by atoms with van der Waals surface area (Å²) in [6.07, 6.45) is 0.505. The van der Waals surface area contributed by atoms with Crippen molar-refractivity contribution in [1.82, 2.24) is 25.1 Å². The van der Waals surface area contributed by atoms with Crippen LogP contribution in [0.25, 0.3) is 5.69 Å². The van der Waals surface area contributed by atoms with Crippen LogP contribution in [0, 0.1) is 19.7 Å². The standard InChI is InChI=1S/C35H33FN6O4S2/c1-21-14-15-22(2)27(17-21)41-31(19-37-34(44)23-9-5-6-11-25(23)36)38-39-35(41)48-20-32(43)42-28(18-26(40-42)30-13-8-16-47-30)24-10-7-12-29(45-3)33(24)46-4/h5-17,28H,18-20H2,1-4H3,(H,37,44)/t28-/m0/s1. The molecule has 0 unspecified atom stereocenters. The maximum Gasteiger partial charge on any atom is 0.254 e. The molecule has 2 amide bonds. The van der Waals surface area contributed by atoms with E-state index in [0.29, 0.717) is 28.9 Å². The summed E-state index contributed by atoms with van der Waals surface area (Å²) in [6.45, 7) is 3.93. The molecule has 0 aliphatic carbocycles. The Morgan fingerprint density at radius 1 is 1.02 bits per heavy atom. The number of methoxy groups -OCH3 is 2. The lowest BCUT2D eigenvalue weighted by atomic mass is 9.99. The average Bonchev–Trinajstić information content (AvgIpc) is 3.87. The second kappa shape index (κ2) is 14.4. The third-order valence-electron chi connectivity index (χ3n) is 7.92. The maximum absolute atomic E-state index is 14.3. The minimum Gasteiger partial charge on any atom is -0.493 e. The number of nitrogens with one attached hydrogen (secondary N) is 1. The molecule has 1 aliphatic heterocycles. The van der Waals surface area contributed by atoms with Crippen molar-refractivity contribution in [1.29, 1.82) is 0 Å². The third-order valence-corrected chi connectivity index (χ3v) is 9.75. The Hall–Kier alpha value is -5.01. The van der Waals surface area contributed by atoms with Crippen LogP contribution in [0.15, 0.2) is 88.4 Å². The van der Waals surface area contributed by atoms with E-state index in [4.69, 9.17) is 14.6 Å². The van der Waals surface area contributed by atoms with Crippen LogP contribution in [-0.2, 0) is 11.3 Å². The van der Waals surface area contributed by atoms with Gasteiger partial charge in [0.2, 0.25) is 0 Å². The number of carbonyl (C=O) groups is 2. The molecule has 0 saturated carbocycles. The number of hydrazone groups is 1. The lowest BCUT2D eigenvalue weighted by Crippen LogP contribution is -2.29. The van der Waals surface area contributed by atoms with Crippen molar-refractivity contribution in [2.75, 3.05) is 20.0 Å². The number of hydrogen-bond donors (Lipinski definition) is 1. The van der Waals surface area contributed by atoms with Crippen LogP contribution in [0.4, 0.5) is 4.39 Å². The van der Waals surface area contributed by atoms with Crippen molar-refractivity contribution in [2.45, 2.75) is 38.0 Å². The first-order chi connectivity index (χ1) is 23.3. The first-order valence-electron chi connectivity index (χ1n) is 15.1. The second-order valence-corrected chi connectivity index (χ2v) is 12.9. The fraction of sp³-hybridized carbons (Fsp3) is 0.229. The number of rotatable bonds is 11. The SMILES string of the molecule is COc1cccc([C@@H]2CC(c3cccs3)=NN2C(=O)CSc2nnc(CNC(=O)c3ccccc3F)n2-c2cc(C)ccc2C)c1OC. The zero-order chi connectivity index (χ0) is 33.8. The minimum absolute atomic E-state index is 0.00852. The van der Waals surface area contributed by atoms with Gasteiger partial charge in [-0.2, -0.15) is 5.10 Å². The smallest absolute Gasteiger partial charge is 0.254 e. The minimum atomic E-state index is -0.613. The molecule has 5 aromatic rings. The molecular weight excluding hydrogens is 652 g/mol. The van der Waals surface area contributed by atoms with Crippen LogP contribution in [0.1, 0.15) is 50.2 Å². The number of benzene rings is 3. The number of nitrogens with zero attached hydrogens (tertiary/aromatic N) is 5. The van der Waals surface area contributed by atoms with E-state index in [1.807, 2.05) is 72.3 Å². The number of aromatic nitrogens is 3. The molecule has 0 radical (unpaired) electrons. The van der Waals surface area contributed by atoms with Gasteiger partial charge in [0.05, 0.1) is 54.4 Å². The van der Waals surface area contributed by atoms with Crippen molar-refractivity contribution in [3.05, 3.63) is 117 Å². The summed E-state index contributed by atoms with van der Waals surface area (Å²) >= 11 is 2.79. The van der Waals surface area contributed by atoms with Crippen molar-refractivity contribution >= 4 is 40.6 Å². The number of amides is 2. The Kier molecular flexibility index (Phi) is 9.88. The average molecular weight is 685 g/mol. The Balaban J connectivity index is 1.29. The van der Waals surface area contributed by atoms with E-state index in [9.17, 15) is 14.0 Å². The number of hydrogen-bond acceptors (Lipinski definition) is 9. The van der Waals surface area contributed by atoms with Crippen LogP contribution < -0.4 is 14.8 Å². The number of carbonyl (C=O) groups excluding carboxylic acids is 2. The van der Waals surface area contributed by atoms with E-state index in [1.165, 1.54) is 35.0 Å². The van der Waals surface area contributed by atoms with Gasteiger partial charge >= 0.3 is 0 Å². The lowest BCUT2D eigenvalue weighted by molar-refractivity contribution is -0.130. The van der Waals surface area contributed by atoms with Crippen molar-refractivity contribution in [3.63, 3.8) is 0 Å². The zero-order valence-corrected chi connectivity index (χ0v) is 28.4. The van der Waals surface area contributed by atoms with Crippen LogP contribution >= 0.6 is 23.1 Å². The lowest BCUT2D eigenvalue weighted by Gasteiger charge is -2.24. The Labute approximate surface area is 285 Å². The van der Waals surface area contributed by atoms with E-state index < -0.39 is 17.8 Å². The topological polar surface area (TPSA) is 111 Å². The molecule has 3 heterocycles. The van der Waals surface area contributed by atoms with Gasteiger partial charge in [-0.05, 0) is 60.7 Å². The first kappa shape index (κ1) is 32.9. The molecule has 0 saturated heterocycles. The summed E-state index contributed by atoms with van der Waals surface area (Å²) in [4.78, 5) is 27.8. The summed E-state index contributed by atoms with van der Waals surface area (Å²) in [5, 5.41) is 20.3. The Morgan fingerprint density at radius 3 is 2.60 bits per heavy atom. The van der Waals surface area contributed by atoms with Crippen LogP contribution in [0.2, 0.25) is 0 Å². The van der Waals surface area contributed by atoms with Crippen molar-refractivity contribution in [2.24, 2.45) is 5.10 Å². The van der Waals surface area contributed by atoms with Gasteiger partial charge in [-0.1, -0.05) is 54.2 Å². The molecule has 48 heavy (non-hydrogen) atoms. The number of ether oxygens (including phenoxy) is 2. The zero-order valence-electron chi connectivity index (χ0n) is 26.8. The molecule has 3 aromatic carbocycles. The van der Waals surface area contributed by atoms with Gasteiger partial charge in [0, 0.05) is 12.0 Å². The molecule has 10 nitrogen and oxygen atoms in total. The van der Waals surface area contributed by atoms with E-state index in [1.54, 1.807) is 31.6 Å². The largest absolute Gasteiger partial charge is 0.493 e. The summed E-state index contributed by atoms with van der Waals surface area (Å²) < 4.78 is 27.4.